The zero-order valence-electron chi connectivity index (χ0n) is 12.1. The Kier molecular flexibility index (Phi) is 5.00. The third-order valence-electron chi connectivity index (χ3n) is 3.64. The van der Waals surface area contributed by atoms with Gasteiger partial charge in [-0.1, -0.05) is 25.1 Å². The van der Waals surface area contributed by atoms with Gasteiger partial charge in [0.2, 0.25) is 0 Å². The molecule has 0 aliphatic heterocycles. The maximum absolute atomic E-state index is 11.4. The lowest BCUT2D eigenvalue weighted by Gasteiger charge is -2.15. The van der Waals surface area contributed by atoms with Crippen LogP contribution in [0.25, 0.3) is 0 Å². The van der Waals surface area contributed by atoms with Crippen molar-refractivity contribution in [1.82, 2.24) is 0 Å². The average Bonchev–Trinajstić information content (AvgIpc) is 2.91. The van der Waals surface area contributed by atoms with Crippen molar-refractivity contribution in [2.24, 2.45) is 0 Å². The molecule has 0 aliphatic rings. The van der Waals surface area contributed by atoms with Crippen LogP contribution in [0.5, 0.6) is 0 Å². The van der Waals surface area contributed by atoms with E-state index >= 15 is 0 Å². The Morgan fingerprint density at radius 2 is 2.05 bits per heavy atom. The van der Waals surface area contributed by atoms with Crippen LogP contribution in [-0.4, -0.2) is 5.78 Å². The van der Waals surface area contributed by atoms with Gasteiger partial charge in [0.15, 0.2) is 5.78 Å². The van der Waals surface area contributed by atoms with Crippen molar-refractivity contribution < 1.29 is 4.79 Å². The fourth-order valence-electron chi connectivity index (χ4n) is 2.38. The number of rotatable bonds is 5. The quantitative estimate of drug-likeness (QED) is 0.523. The van der Waals surface area contributed by atoms with Crippen LogP contribution in [0, 0.1) is 6.92 Å². The zero-order valence-corrected chi connectivity index (χ0v) is 13.6. The summed E-state index contributed by atoms with van der Waals surface area (Å²) >= 11 is 7.61. The van der Waals surface area contributed by atoms with Crippen LogP contribution < -0.4 is 0 Å². The van der Waals surface area contributed by atoms with E-state index in [1.54, 1.807) is 18.3 Å². The Balaban J connectivity index is 2.38. The highest BCUT2D eigenvalue weighted by atomic mass is 35.5. The van der Waals surface area contributed by atoms with E-state index in [2.05, 4.69) is 38.1 Å². The summed E-state index contributed by atoms with van der Waals surface area (Å²) in [6.45, 7) is 5.88. The highest BCUT2D eigenvalue weighted by molar-refractivity contribution is 7.14. The Morgan fingerprint density at radius 3 is 2.60 bits per heavy atom. The number of hydrogen-bond acceptors (Lipinski definition) is 2. The number of thiophene rings is 1. The van der Waals surface area contributed by atoms with Crippen molar-refractivity contribution in [2.75, 3.05) is 0 Å². The van der Waals surface area contributed by atoms with E-state index in [1.807, 2.05) is 6.07 Å². The Morgan fingerprint density at radius 1 is 1.30 bits per heavy atom. The molecule has 0 bridgehead atoms. The van der Waals surface area contributed by atoms with Gasteiger partial charge in [0.25, 0.3) is 0 Å². The smallest absolute Gasteiger partial charge is 0.169 e. The fraction of sp³-hybridized carbons (Fsp3) is 0.353. The number of hydrogen-bond donors (Lipinski definition) is 0. The molecule has 1 aromatic heterocycles. The minimum atomic E-state index is 0.140. The van der Waals surface area contributed by atoms with Crippen molar-refractivity contribution in [3.63, 3.8) is 0 Å². The van der Waals surface area contributed by atoms with Crippen molar-refractivity contribution in [3.8, 4) is 0 Å². The molecule has 0 saturated carbocycles. The molecular weight excluding hydrogens is 288 g/mol. The van der Waals surface area contributed by atoms with E-state index in [0.717, 1.165) is 11.3 Å². The molecule has 0 aliphatic carbocycles. The van der Waals surface area contributed by atoms with Gasteiger partial charge in [0.1, 0.15) is 0 Å². The van der Waals surface area contributed by atoms with E-state index in [0.29, 0.717) is 11.8 Å². The fourth-order valence-corrected chi connectivity index (χ4v) is 3.79. The third kappa shape index (κ3) is 3.13. The molecule has 1 heterocycles. The SMILES string of the molecule is CCC(c1ccc(C)c(CCl)c1)c1ccc(C(C)=O)s1. The van der Waals surface area contributed by atoms with E-state index in [-0.39, 0.29) is 5.78 Å². The first-order chi connectivity index (χ1) is 9.56. The average molecular weight is 307 g/mol. The lowest BCUT2D eigenvalue weighted by molar-refractivity contribution is 0.102. The highest BCUT2D eigenvalue weighted by Gasteiger charge is 2.16. The molecule has 1 aromatic carbocycles. The molecule has 1 nitrogen and oxygen atoms in total. The van der Waals surface area contributed by atoms with Crippen LogP contribution >= 0.6 is 22.9 Å². The normalized spacial score (nSPS) is 12.4. The monoisotopic (exact) mass is 306 g/mol. The molecule has 20 heavy (non-hydrogen) atoms. The molecule has 0 radical (unpaired) electrons. The summed E-state index contributed by atoms with van der Waals surface area (Å²) in [7, 11) is 0. The number of halogens is 1. The Hall–Kier alpha value is -1.12. The van der Waals surface area contributed by atoms with Crippen LogP contribution in [0.2, 0.25) is 0 Å². The first-order valence-corrected chi connectivity index (χ1v) is 8.18. The van der Waals surface area contributed by atoms with Gasteiger partial charge in [0, 0.05) is 16.7 Å². The van der Waals surface area contributed by atoms with Crippen molar-refractivity contribution in [3.05, 3.63) is 56.8 Å². The van der Waals surface area contributed by atoms with Crippen LogP contribution in [-0.2, 0) is 5.88 Å². The maximum Gasteiger partial charge on any atom is 0.169 e. The molecule has 0 fully saturated rings. The maximum atomic E-state index is 11.4. The number of carbonyl (C=O) groups is 1. The molecule has 3 heteroatoms. The second-order valence-corrected chi connectivity index (χ2v) is 6.42. The zero-order chi connectivity index (χ0) is 14.7. The molecule has 0 spiro atoms. The van der Waals surface area contributed by atoms with Gasteiger partial charge in [0.05, 0.1) is 4.88 Å². The lowest BCUT2D eigenvalue weighted by atomic mass is 9.92. The molecule has 1 atom stereocenters. The number of aryl methyl sites for hydroxylation is 1. The molecule has 0 saturated heterocycles. The predicted molar refractivity (Wildman–Crippen MR) is 87.2 cm³/mol. The van der Waals surface area contributed by atoms with Crippen molar-refractivity contribution in [2.45, 2.75) is 39.0 Å². The molecule has 0 N–H and O–H groups in total. The van der Waals surface area contributed by atoms with E-state index in [1.165, 1.54) is 21.6 Å². The molecule has 1 unspecified atom stereocenters. The van der Waals surface area contributed by atoms with Crippen LogP contribution in [0.1, 0.15) is 57.4 Å². The van der Waals surface area contributed by atoms with E-state index in [4.69, 9.17) is 11.6 Å². The van der Waals surface area contributed by atoms with Gasteiger partial charge in [-0.15, -0.1) is 22.9 Å². The molecule has 0 amide bonds. The van der Waals surface area contributed by atoms with Gasteiger partial charge in [-0.05, 0) is 49.1 Å². The molecule has 2 aromatic rings. The molecular formula is C17H19ClOS. The first-order valence-electron chi connectivity index (χ1n) is 6.82. The largest absolute Gasteiger partial charge is 0.294 e. The summed E-state index contributed by atoms with van der Waals surface area (Å²) in [5.74, 6) is 1.02. The second-order valence-electron chi connectivity index (χ2n) is 5.04. The van der Waals surface area contributed by atoms with Gasteiger partial charge in [-0.2, -0.15) is 0 Å². The lowest BCUT2D eigenvalue weighted by Crippen LogP contribution is -1.99. The number of carbonyl (C=O) groups excluding carboxylic acids is 1. The van der Waals surface area contributed by atoms with Crippen molar-refractivity contribution >= 4 is 28.7 Å². The summed E-state index contributed by atoms with van der Waals surface area (Å²) in [6, 6.07) is 10.5. The van der Waals surface area contributed by atoms with Crippen LogP contribution in [0.3, 0.4) is 0 Å². The van der Waals surface area contributed by atoms with Gasteiger partial charge in [-0.3, -0.25) is 4.79 Å². The van der Waals surface area contributed by atoms with Gasteiger partial charge < -0.3 is 0 Å². The summed E-state index contributed by atoms with van der Waals surface area (Å²) in [6.07, 6.45) is 1.02. The summed E-state index contributed by atoms with van der Waals surface area (Å²) in [4.78, 5) is 13.5. The second kappa shape index (κ2) is 6.55. The number of Topliss-reactive ketones (excluding diaryl/α,β-unsaturated/α-hetero) is 1. The number of alkyl halides is 1. The minimum Gasteiger partial charge on any atom is -0.294 e. The molecule has 2 rings (SSSR count). The van der Waals surface area contributed by atoms with Crippen LogP contribution in [0.15, 0.2) is 30.3 Å². The summed E-state index contributed by atoms with van der Waals surface area (Å²) in [5, 5.41) is 0. The topological polar surface area (TPSA) is 17.1 Å². The predicted octanol–water partition coefficient (Wildman–Crippen LogP) is 5.54. The van der Waals surface area contributed by atoms with E-state index < -0.39 is 0 Å². The minimum absolute atomic E-state index is 0.140. The van der Waals surface area contributed by atoms with Gasteiger partial charge >= 0.3 is 0 Å². The third-order valence-corrected chi connectivity index (χ3v) is 5.23. The van der Waals surface area contributed by atoms with Crippen molar-refractivity contribution in [1.29, 1.82) is 0 Å². The van der Waals surface area contributed by atoms with E-state index in [9.17, 15) is 4.79 Å². The number of benzene rings is 1. The summed E-state index contributed by atoms with van der Waals surface area (Å²) in [5.41, 5.74) is 3.70. The van der Waals surface area contributed by atoms with Crippen LogP contribution in [0.4, 0.5) is 0 Å². The van der Waals surface area contributed by atoms with Gasteiger partial charge in [-0.25, -0.2) is 0 Å². The molecule has 106 valence electrons. The Bertz CT molecular complexity index is 615. The first kappa shape index (κ1) is 15.3. The standard InChI is InChI=1S/C17H19ClOS/c1-4-15(17-8-7-16(20-17)12(3)19)13-6-5-11(2)14(9-13)10-18/h5-9,15H,4,10H2,1-3H3. The summed E-state index contributed by atoms with van der Waals surface area (Å²) < 4.78 is 0. The Labute approximate surface area is 129 Å². The highest BCUT2D eigenvalue weighted by Crippen LogP contribution is 2.34. The number of ketones is 1.